The SMILES string of the molecule is CSCC(C)C(=O)N1CC(=O)NCC1(C)C. The molecule has 0 spiro atoms. The Morgan fingerprint density at radius 1 is 1.62 bits per heavy atom. The van der Waals surface area contributed by atoms with Crippen LogP contribution in [0.25, 0.3) is 0 Å². The lowest BCUT2D eigenvalue weighted by atomic mass is 9.98. The molecule has 1 fully saturated rings. The molecule has 0 aromatic carbocycles. The highest BCUT2D eigenvalue weighted by Crippen LogP contribution is 2.20. The summed E-state index contributed by atoms with van der Waals surface area (Å²) in [5, 5.41) is 2.79. The molecule has 1 saturated heterocycles. The first-order valence-electron chi connectivity index (χ1n) is 5.45. The zero-order chi connectivity index (χ0) is 12.3. The molecule has 1 aliphatic rings. The molecular weight excluding hydrogens is 224 g/mol. The van der Waals surface area contributed by atoms with Crippen LogP contribution in [-0.2, 0) is 9.59 Å². The lowest BCUT2D eigenvalue weighted by Crippen LogP contribution is -2.63. The fraction of sp³-hybridized carbons (Fsp3) is 0.818. The van der Waals surface area contributed by atoms with Gasteiger partial charge in [-0.2, -0.15) is 11.8 Å². The molecule has 0 aromatic rings. The molecule has 1 heterocycles. The van der Waals surface area contributed by atoms with Crippen LogP contribution in [0.15, 0.2) is 0 Å². The normalized spacial score (nSPS) is 21.5. The smallest absolute Gasteiger partial charge is 0.239 e. The standard InChI is InChI=1S/C11H20N2O2S/c1-8(6-16-4)10(15)13-5-9(14)12-7-11(13,2)3/h8H,5-7H2,1-4H3,(H,12,14). The highest BCUT2D eigenvalue weighted by molar-refractivity contribution is 7.98. The maximum absolute atomic E-state index is 12.2. The Balaban J connectivity index is 2.75. The van der Waals surface area contributed by atoms with Crippen LogP contribution < -0.4 is 5.32 Å². The van der Waals surface area contributed by atoms with Crippen molar-refractivity contribution in [1.82, 2.24) is 10.2 Å². The van der Waals surface area contributed by atoms with E-state index in [1.165, 1.54) is 0 Å². The maximum atomic E-state index is 12.2. The van der Waals surface area contributed by atoms with Gasteiger partial charge in [0, 0.05) is 18.2 Å². The molecule has 1 rings (SSSR count). The van der Waals surface area contributed by atoms with E-state index in [2.05, 4.69) is 5.32 Å². The Hall–Kier alpha value is -0.710. The molecule has 4 nitrogen and oxygen atoms in total. The summed E-state index contributed by atoms with van der Waals surface area (Å²) in [6.45, 7) is 6.60. The van der Waals surface area contributed by atoms with E-state index in [1.807, 2.05) is 27.0 Å². The molecule has 0 bridgehead atoms. The van der Waals surface area contributed by atoms with Crippen LogP contribution in [0.4, 0.5) is 0 Å². The van der Waals surface area contributed by atoms with Crippen LogP contribution >= 0.6 is 11.8 Å². The number of nitrogens with zero attached hydrogens (tertiary/aromatic N) is 1. The number of amides is 2. The van der Waals surface area contributed by atoms with Crippen molar-refractivity contribution < 1.29 is 9.59 Å². The van der Waals surface area contributed by atoms with E-state index in [9.17, 15) is 9.59 Å². The molecule has 5 heteroatoms. The van der Waals surface area contributed by atoms with Crippen LogP contribution in [-0.4, -0.2) is 47.4 Å². The van der Waals surface area contributed by atoms with Gasteiger partial charge in [0.25, 0.3) is 0 Å². The van der Waals surface area contributed by atoms with Gasteiger partial charge in [-0.25, -0.2) is 0 Å². The number of nitrogens with one attached hydrogen (secondary N) is 1. The summed E-state index contributed by atoms with van der Waals surface area (Å²) in [4.78, 5) is 25.2. The second-order valence-corrected chi connectivity index (χ2v) is 5.78. The second-order valence-electron chi connectivity index (χ2n) is 4.87. The molecular formula is C11H20N2O2S. The number of piperazine rings is 1. The van der Waals surface area contributed by atoms with Crippen molar-refractivity contribution in [2.45, 2.75) is 26.3 Å². The van der Waals surface area contributed by atoms with E-state index in [0.29, 0.717) is 6.54 Å². The summed E-state index contributed by atoms with van der Waals surface area (Å²) in [5.41, 5.74) is -0.280. The van der Waals surface area contributed by atoms with E-state index in [4.69, 9.17) is 0 Å². The predicted octanol–water partition coefficient (Wildman–Crippen LogP) is 0.722. The van der Waals surface area contributed by atoms with Crippen LogP contribution in [0.1, 0.15) is 20.8 Å². The fourth-order valence-electron chi connectivity index (χ4n) is 1.79. The minimum absolute atomic E-state index is 0.0276. The number of carbonyl (C=O) groups excluding carboxylic acids is 2. The van der Waals surface area contributed by atoms with Gasteiger partial charge in [0.15, 0.2) is 0 Å². The molecule has 0 saturated carbocycles. The van der Waals surface area contributed by atoms with Gasteiger partial charge in [-0.05, 0) is 20.1 Å². The van der Waals surface area contributed by atoms with Gasteiger partial charge in [0.05, 0.1) is 5.54 Å². The molecule has 1 unspecified atom stereocenters. The van der Waals surface area contributed by atoms with Crippen molar-refractivity contribution >= 4 is 23.6 Å². The number of carbonyl (C=O) groups is 2. The molecule has 16 heavy (non-hydrogen) atoms. The first kappa shape index (κ1) is 13.4. The van der Waals surface area contributed by atoms with Crippen LogP contribution in [0.2, 0.25) is 0 Å². The zero-order valence-corrected chi connectivity index (χ0v) is 11.2. The van der Waals surface area contributed by atoms with Gasteiger partial charge in [0.1, 0.15) is 6.54 Å². The molecule has 0 aliphatic carbocycles. The molecule has 2 amide bonds. The first-order chi connectivity index (χ1) is 7.38. The largest absolute Gasteiger partial charge is 0.352 e. The highest BCUT2D eigenvalue weighted by atomic mass is 32.2. The van der Waals surface area contributed by atoms with Gasteiger partial charge < -0.3 is 10.2 Å². The summed E-state index contributed by atoms with van der Waals surface area (Å²) in [5.74, 6) is 0.783. The van der Waals surface area contributed by atoms with E-state index in [-0.39, 0.29) is 29.8 Å². The third-order valence-electron chi connectivity index (χ3n) is 2.85. The summed E-state index contributed by atoms with van der Waals surface area (Å²) in [7, 11) is 0. The molecule has 1 aliphatic heterocycles. The fourth-order valence-corrected chi connectivity index (χ4v) is 2.43. The molecule has 1 N–H and O–H groups in total. The van der Waals surface area contributed by atoms with Crippen molar-refractivity contribution in [3.63, 3.8) is 0 Å². The Kier molecular flexibility index (Phi) is 4.24. The zero-order valence-electron chi connectivity index (χ0n) is 10.4. The van der Waals surface area contributed by atoms with Gasteiger partial charge >= 0.3 is 0 Å². The number of rotatable bonds is 3. The number of thioether (sulfide) groups is 1. The third-order valence-corrected chi connectivity index (χ3v) is 3.69. The van der Waals surface area contributed by atoms with E-state index in [1.54, 1.807) is 16.7 Å². The lowest BCUT2D eigenvalue weighted by Gasteiger charge is -2.43. The lowest BCUT2D eigenvalue weighted by molar-refractivity contribution is -0.147. The van der Waals surface area contributed by atoms with Crippen molar-refractivity contribution in [3.05, 3.63) is 0 Å². The topological polar surface area (TPSA) is 49.4 Å². The third kappa shape index (κ3) is 2.90. The minimum atomic E-state index is -0.280. The quantitative estimate of drug-likeness (QED) is 0.796. The summed E-state index contributed by atoms with van der Waals surface area (Å²) < 4.78 is 0. The summed E-state index contributed by atoms with van der Waals surface area (Å²) in [6.07, 6.45) is 1.98. The summed E-state index contributed by atoms with van der Waals surface area (Å²) >= 11 is 1.65. The van der Waals surface area contributed by atoms with E-state index in [0.717, 1.165) is 5.75 Å². The molecule has 92 valence electrons. The van der Waals surface area contributed by atoms with Gasteiger partial charge in [-0.15, -0.1) is 0 Å². The van der Waals surface area contributed by atoms with Gasteiger partial charge in [0.2, 0.25) is 11.8 Å². The van der Waals surface area contributed by atoms with Crippen LogP contribution in [0.5, 0.6) is 0 Å². The van der Waals surface area contributed by atoms with E-state index >= 15 is 0 Å². The predicted molar refractivity (Wildman–Crippen MR) is 66.3 cm³/mol. The number of hydrogen-bond acceptors (Lipinski definition) is 3. The molecule has 0 aromatic heterocycles. The Morgan fingerprint density at radius 3 is 2.81 bits per heavy atom. The minimum Gasteiger partial charge on any atom is -0.352 e. The Labute approximate surface area is 101 Å². The Bertz CT molecular complexity index is 292. The summed E-state index contributed by atoms with van der Waals surface area (Å²) in [6, 6.07) is 0. The monoisotopic (exact) mass is 244 g/mol. The maximum Gasteiger partial charge on any atom is 0.239 e. The van der Waals surface area contributed by atoms with Crippen LogP contribution in [0.3, 0.4) is 0 Å². The Morgan fingerprint density at radius 2 is 2.25 bits per heavy atom. The second kappa shape index (κ2) is 5.08. The molecule has 0 radical (unpaired) electrons. The van der Waals surface area contributed by atoms with E-state index < -0.39 is 0 Å². The average Bonchev–Trinajstić information content (AvgIpc) is 2.21. The molecule has 1 atom stereocenters. The van der Waals surface area contributed by atoms with Gasteiger partial charge in [-0.3, -0.25) is 9.59 Å². The van der Waals surface area contributed by atoms with Crippen molar-refractivity contribution in [3.8, 4) is 0 Å². The van der Waals surface area contributed by atoms with Crippen molar-refractivity contribution in [2.24, 2.45) is 5.92 Å². The average molecular weight is 244 g/mol. The van der Waals surface area contributed by atoms with Crippen molar-refractivity contribution in [2.75, 3.05) is 25.1 Å². The van der Waals surface area contributed by atoms with Crippen LogP contribution in [0, 0.1) is 5.92 Å². The first-order valence-corrected chi connectivity index (χ1v) is 6.85. The highest BCUT2D eigenvalue weighted by Gasteiger charge is 2.37. The van der Waals surface area contributed by atoms with Crippen molar-refractivity contribution in [1.29, 1.82) is 0 Å². The number of hydrogen-bond donors (Lipinski definition) is 1. The van der Waals surface area contributed by atoms with Gasteiger partial charge in [-0.1, -0.05) is 6.92 Å².